The van der Waals surface area contributed by atoms with Gasteiger partial charge in [0.15, 0.2) is 0 Å². The number of carboxylic acid groups (broad SMARTS) is 1. The highest BCUT2D eigenvalue weighted by Gasteiger charge is 2.39. The molecule has 1 aromatic carbocycles. The highest BCUT2D eigenvalue weighted by atomic mass is 32.2. The summed E-state index contributed by atoms with van der Waals surface area (Å²) in [4.78, 5) is 49.5. The molecule has 8 heteroatoms. The van der Waals surface area contributed by atoms with Crippen molar-refractivity contribution in [2.45, 2.75) is 68.8 Å². The zero-order valence-corrected chi connectivity index (χ0v) is 17.1. The Morgan fingerprint density at radius 2 is 1.90 bits per heavy atom. The molecule has 3 amide bonds. The van der Waals surface area contributed by atoms with E-state index in [0.717, 1.165) is 48.3 Å². The van der Waals surface area contributed by atoms with Crippen molar-refractivity contribution in [3.63, 3.8) is 0 Å². The van der Waals surface area contributed by atoms with Crippen LogP contribution in [0.2, 0.25) is 0 Å². The first-order valence-electron chi connectivity index (χ1n) is 10.1. The van der Waals surface area contributed by atoms with Crippen LogP contribution >= 0.6 is 11.8 Å². The maximum atomic E-state index is 12.8. The van der Waals surface area contributed by atoms with Crippen LogP contribution in [-0.2, 0) is 20.9 Å². The SMILES string of the molecule is O=C(O)CCCCCCCSc1cccc2c1CN(C1CCC(=O)NC1=O)C2=O. The van der Waals surface area contributed by atoms with Crippen LogP contribution in [-0.4, -0.2) is 45.5 Å². The number of imide groups is 1. The van der Waals surface area contributed by atoms with Crippen LogP contribution in [0.5, 0.6) is 0 Å². The topological polar surface area (TPSA) is 104 Å². The van der Waals surface area contributed by atoms with E-state index in [1.165, 1.54) is 0 Å². The second-order valence-corrected chi connectivity index (χ2v) is 8.58. The van der Waals surface area contributed by atoms with E-state index in [9.17, 15) is 19.2 Å². The molecule has 2 aliphatic rings. The molecule has 3 rings (SSSR count). The molecule has 1 atom stereocenters. The normalized spacial score (nSPS) is 18.7. The molecule has 0 spiro atoms. The third-order valence-electron chi connectivity index (χ3n) is 5.33. The van der Waals surface area contributed by atoms with Crippen LogP contribution in [0.15, 0.2) is 23.1 Å². The van der Waals surface area contributed by atoms with Crippen LogP contribution in [0.4, 0.5) is 0 Å². The van der Waals surface area contributed by atoms with Crippen LogP contribution in [0.1, 0.15) is 67.3 Å². The maximum Gasteiger partial charge on any atom is 0.303 e. The Morgan fingerprint density at radius 3 is 2.66 bits per heavy atom. The first-order chi connectivity index (χ1) is 14.0. The van der Waals surface area contributed by atoms with Gasteiger partial charge in [0.25, 0.3) is 5.91 Å². The molecule has 1 aromatic rings. The van der Waals surface area contributed by atoms with Crippen LogP contribution in [0, 0.1) is 0 Å². The van der Waals surface area contributed by atoms with Crippen molar-refractivity contribution in [1.29, 1.82) is 0 Å². The molecule has 2 N–H and O–H groups in total. The standard InChI is InChI=1S/C21H26N2O5S/c24-18-11-10-16(20(27)22-18)23-13-15-14(21(23)28)7-6-8-17(15)29-12-5-3-1-2-4-9-19(25)26/h6-8,16H,1-5,9-13H2,(H,25,26)(H,22,24,27). The lowest BCUT2D eigenvalue weighted by Gasteiger charge is -2.29. The van der Waals surface area contributed by atoms with Crippen molar-refractivity contribution >= 4 is 35.5 Å². The van der Waals surface area contributed by atoms with E-state index in [4.69, 9.17) is 5.11 Å². The summed E-state index contributed by atoms with van der Waals surface area (Å²) in [7, 11) is 0. The molecule has 2 heterocycles. The Morgan fingerprint density at radius 1 is 1.14 bits per heavy atom. The van der Waals surface area contributed by atoms with E-state index in [2.05, 4.69) is 5.32 Å². The molecule has 0 aromatic heterocycles. The summed E-state index contributed by atoms with van der Waals surface area (Å²) in [6.45, 7) is 0.402. The number of nitrogens with zero attached hydrogens (tertiary/aromatic N) is 1. The molecule has 0 aliphatic carbocycles. The summed E-state index contributed by atoms with van der Waals surface area (Å²) in [6.07, 6.45) is 5.65. The third-order valence-corrected chi connectivity index (χ3v) is 6.52. The van der Waals surface area contributed by atoms with Gasteiger partial charge in [0, 0.05) is 29.8 Å². The smallest absolute Gasteiger partial charge is 0.303 e. The number of benzene rings is 1. The van der Waals surface area contributed by atoms with Crippen LogP contribution in [0.25, 0.3) is 0 Å². The Labute approximate surface area is 174 Å². The average Bonchev–Trinajstić information content (AvgIpc) is 3.01. The van der Waals surface area contributed by atoms with Gasteiger partial charge >= 0.3 is 5.97 Å². The van der Waals surface area contributed by atoms with Crippen LogP contribution in [0.3, 0.4) is 0 Å². The number of unbranched alkanes of at least 4 members (excludes halogenated alkanes) is 4. The number of hydrogen-bond acceptors (Lipinski definition) is 5. The van der Waals surface area contributed by atoms with E-state index in [0.29, 0.717) is 18.5 Å². The molecular weight excluding hydrogens is 392 g/mol. The second kappa shape index (κ2) is 9.91. The van der Waals surface area contributed by atoms with Gasteiger partial charge in [0.2, 0.25) is 11.8 Å². The summed E-state index contributed by atoms with van der Waals surface area (Å²) < 4.78 is 0. The average molecular weight is 419 g/mol. The monoisotopic (exact) mass is 418 g/mol. The molecule has 1 saturated heterocycles. The zero-order chi connectivity index (χ0) is 20.8. The molecule has 0 radical (unpaired) electrons. The summed E-state index contributed by atoms with van der Waals surface area (Å²) in [5.74, 6) is -0.619. The number of carbonyl (C=O) groups excluding carboxylic acids is 3. The number of carboxylic acids is 1. The lowest BCUT2D eigenvalue weighted by atomic mass is 10.0. The van der Waals surface area contributed by atoms with Gasteiger partial charge < -0.3 is 10.0 Å². The maximum absolute atomic E-state index is 12.8. The van der Waals surface area contributed by atoms with E-state index in [-0.39, 0.29) is 30.6 Å². The van der Waals surface area contributed by atoms with E-state index >= 15 is 0 Å². The van der Waals surface area contributed by atoms with Gasteiger partial charge in [-0.3, -0.25) is 24.5 Å². The Balaban J connectivity index is 1.51. The van der Waals surface area contributed by atoms with Gasteiger partial charge in [-0.15, -0.1) is 11.8 Å². The summed E-state index contributed by atoms with van der Waals surface area (Å²) in [6, 6.07) is 5.10. The van der Waals surface area contributed by atoms with Gasteiger partial charge in [-0.1, -0.05) is 25.3 Å². The molecule has 1 fully saturated rings. The number of aliphatic carboxylic acids is 1. The Bertz CT molecular complexity index is 810. The molecule has 156 valence electrons. The highest BCUT2D eigenvalue weighted by molar-refractivity contribution is 7.99. The molecule has 0 saturated carbocycles. The molecule has 7 nitrogen and oxygen atoms in total. The summed E-state index contributed by atoms with van der Waals surface area (Å²) in [5.41, 5.74) is 1.61. The summed E-state index contributed by atoms with van der Waals surface area (Å²) in [5, 5.41) is 11.0. The lowest BCUT2D eigenvalue weighted by Crippen LogP contribution is -2.52. The first kappa shape index (κ1) is 21.4. The second-order valence-electron chi connectivity index (χ2n) is 7.44. The number of fused-ring (bicyclic) bond motifs is 1. The number of piperidine rings is 1. The van der Waals surface area contributed by atoms with Gasteiger partial charge in [-0.25, -0.2) is 0 Å². The molecule has 29 heavy (non-hydrogen) atoms. The summed E-state index contributed by atoms with van der Waals surface area (Å²) >= 11 is 1.72. The van der Waals surface area contributed by atoms with Crippen molar-refractivity contribution in [3.05, 3.63) is 29.3 Å². The van der Waals surface area contributed by atoms with Gasteiger partial charge in [0.1, 0.15) is 6.04 Å². The van der Waals surface area contributed by atoms with Crippen molar-refractivity contribution in [3.8, 4) is 0 Å². The van der Waals surface area contributed by atoms with Gasteiger partial charge in [-0.2, -0.15) is 0 Å². The minimum Gasteiger partial charge on any atom is -0.481 e. The van der Waals surface area contributed by atoms with E-state index < -0.39 is 12.0 Å². The van der Waals surface area contributed by atoms with Crippen molar-refractivity contribution in [1.82, 2.24) is 10.2 Å². The van der Waals surface area contributed by atoms with E-state index in [1.54, 1.807) is 22.7 Å². The Kier molecular flexibility index (Phi) is 7.30. The van der Waals surface area contributed by atoms with Crippen molar-refractivity contribution in [2.24, 2.45) is 0 Å². The van der Waals surface area contributed by atoms with Crippen LogP contribution < -0.4 is 5.32 Å². The first-order valence-corrected chi connectivity index (χ1v) is 11.1. The number of hydrogen-bond donors (Lipinski definition) is 2. The van der Waals surface area contributed by atoms with Crippen molar-refractivity contribution < 1.29 is 24.3 Å². The minimum absolute atomic E-state index is 0.143. The van der Waals surface area contributed by atoms with Gasteiger partial charge in [0.05, 0.1) is 0 Å². The zero-order valence-electron chi connectivity index (χ0n) is 16.3. The molecule has 0 bridgehead atoms. The molecular formula is C21H26N2O5S. The Hall–Kier alpha value is -2.35. The fourth-order valence-electron chi connectivity index (χ4n) is 3.78. The lowest BCUT2D eigenvalue weighted by molar-refractivity contribution is -0.138. The largest absolute Gasteiger partial charge is 0.481 e. The van der Waals surface area contributed by atoms with E-state index in [1.807, 2.05) is 12.1 Å². The minimum atomic E-state index is -0.737. The van der Waals surface area contributed by atoms with Crippen molar-refractivity contribution in [2.75, 3.05) is 5.75 Å². The number of rotatable bonds is 10. The number of nitrogens with one attached hydrogen (secondary N) is 1. The quantitative estimate of drug-likeness (QED) is 0.344. The fraction of sp³-hybridized carbons (Fsp3) is 0.524. The third kappa shape index (κ3) is 5.38. The molecule has 1 unspecified atom stereocenters. The number of thioether (sulfide) groups is 1. The number of amides is 3. The predicted octanol–water partition coefficient (Wildman–Crippen LogP) is 2.96. The highest BCUT2D eigenvalue weighted by Crippen LogP contribution is 2.34. The predicted molar refractivity (Wildman–Crippen MR) is 109 cm³/mol. The van der Waals surface area contributed by atoms with Gasteiger partial charge in [-0.05, 0) is 42.7 Å². The number of carbonyl (C=O) groups is 4. The molecule has 2 aliphatic heterocycles. The fourth-order valence-corrected chi connectivity index (χ4v) is 4.88.